The van der Waals surface area contributed by atoms with Crippen LogP contribution in [0.15, 0.2) is 52.1 Å². The van der Waals surface area contributed by atoms with Crippen molar-refractivity contribution >= 4 is 5.91 Å². The van der Waals surface area contributed by atoms with Gasteiger partial charge in [-0.25, -0.2) is 9.18 Å². The van der Waals surface area contributed by atoms with E-state index in [-0.39, 0.29) is 13.1 Å². The molecule has 1 heterocycles. The zero-order valence-electron chi connectivity index (χ0n) is 18.2. The van der Waals surface area contributed by atoms with Crippen molar-refractivity contribution in [2.24, 2.45) is 0 Å². The lowest BCUT2D eigenvalue weighted by Crippen LogP contribution is -2.46. The van der Waals surface area contributed by atoms with Crippen LogP contribution in [-0.2, 0) is 11.3 Å². The summed E-state index contributed by atoms with van der Waals surface area (Å²) in [6, 6.07) is 10.9. The third-order valence-corrected chi connectivity index (χ3v) is 4.79. The summed E-state index contributed by atoms with van der Waals surface area (Å²) in [5.41, 5.74) is 0.864. The molecule has 0 radical (unpaired) electrons. The van der Waals surface area contributed by atoms with Crippen LogP contribution < -0.4 is 16.6 Å². The SMILES string of the molecule is COCCCNC(=O)c1nn(-c2cc(C)cc(C)c2)c(=O)n(Cc2ccc(F)cc2)c1=O. The fourth-order valence-corrected chi connectivity index (χ4v) is 3.31. The monoisotopic (exact) mass is 440 g/mol. The Morgan fingerprint density at radius 1 is 1.09 bits per heavy atom. The molecule has 0 fully saturated rings. The molecule has 0 atom stereocenters. The summed E-state index contributed by atoms with van der Waals surface area (Å²) < 4.78 is 20.2. The second-order valence-electron chi connectivity index (χ2n) is 7.51. The standard InChI is InChI=1S/C23H25FN4O4/c1-15-11-16(2)13-19(12-15)28-23(31)27(14-17-5-7-18(24)8-6-17)22(30)20(26-28)21(29)25-9-4-10-32-3/h5-8,11-13H,4,9-10,14H2,1-3H3,(H,25,29). The first-order valence-corrected chi connectivity index (χ1v) is 10.1. The Balaban J connectivity index is 2.11. The van der Waals surface area contributed by atoms with Gasteiger partial charge >= 0.3 is 5.69 Å². The van der Waals surface area contributed by atoms with Crippen molar-refractivity contribution in [2.75, 3.05) is 20.3 Å². The Hall–Kier alpha value is -3.59. The van der Waals surface area contributed by atoms with Gasteiger partial charge in [0.05, 0.1) is 12.2 Å². The molecule has 2 aromatic carbocycles. The van der Waals surface area contributed by atoms with Crippen molar-refractivity contribution in [3.8, 4) is 5.69 Å². The molecule has 1 amide bonds. The van der Waals surface area contributed by atoms with Gasteiger partial charge in [-0.2, -0.15) is 9.78 Å². The number of benzene rings is 2. The molecule has 0 aliphatic carbocycles. The number of hydrogen-bond acceptors (Lipinski definition) is 5. The number of aryl methyl sites for hydroxylation is 2. The number of carbonyl (C=O) groups is 1. The Kier molecular flexibility index (Phi) is 7.32. The van der Waals surface area contributed by atoms with Crippen molar-refractivity contribution in [1.82, 2.24) is 19.7 Å². The van der Waals surface area contributed by atoms with Gasteiger partial charge in [-0.05, 0) is 61.2 Å². The number of hydrogen-bond donors (Lipinski definition) is 1. The molecule has 168 valence electrons. The zero-order chi connectivity index (χ0) is 23.3. The minimum atomic E-state index is -0.816. The van der Waals surface area contributed by atoms with Gasteiger partial charge in [-0.1, -0.05) is 18.2 Å². The van der Waals surface area contributed by atoms with E-state index in [0.29, 0.717) is 24.3 Å². The number of rotatable bonds is 8. The minimum Gasteiger partial charge on any atom is -0.385 e. The number of halogens is 1. The van der Waals surface area contributed by atoms with Crippen LogP contribution in [-0.4, -0.2) is 40.5 Å². The van der Waals surface area contributed by atoms with E-state index < -0.39 is 28.7 Å². The number of ether oxygens (including phenoxy) is 1. The number of aromatic nitrogens is 3. The van der Waals surface area contributed by atoms with Gasteiger partial charge < -0.3 is 10.1 Å². The molecule has 0 aliphatic rings. The second kappa shape index (κ2) is 10.1. The molecule has 3 aromatic rings. The van der Waals surface area contributed by atoms with Crippen molar-refractivity contribution < 1.29 is 13.9 Å². The fraction of sp³-hybridized carbons (Fsp3) is 0.304. The van der Waals surface area contributed by atoms with Crippen LogP contribution in [0.25, 0.3) is 5.69 Å². The highest BCUT2D eigenvalue weighted by molar-refractivity contribution is 5.91. The number of carbonyl (C=O) groups excluding carboxylic acids is 1. The molecule has 0 unspecified atom stereocenters. The van der Waals surface area contributed by atoms with Crippen molar-refractivity contribution in [3.63, 3.8) is 0 Å². The number of amides is 1. The fourth-order valence-electron chi connectivity index (χ4n) is 3.31. The third kappa shape index (κ3) is 5.36. The summed E-state index contributed by atoms with van der Waals surface area (Å²) in [4.78, 5) is 38.9. The van der Waals surface area contributed by atoms with Crippen LogP contribution in [0.3, 0.4) is 0 Å². The van der Waals surface area contributed by atoms with E-state index in [0.717, 1.165) is 20.4 Å². The van der Waals surface area contributed by atoms with Gasteiger partial charge in [0.25, 0.3) is 11.5 Å². The second-order valence-corrected chi connectivity index (χ2v) is 7.51. The maximum Gasteiger partial charge on any atom is 0.352 e. The Morgan fingerprint density at radius 3 is 2.38 bits per heavy atom. The normalized spacial score (nSPS) is 10.9. The molecule has 8 nitrogen and oxygen atoms in total. The molecule has 0 saturated heterocycles. The molecule has 0 aliphatic heterocycles. The van der Waals surface area contributed by atoms with Crippen LogP contribution in [0.5, 0.6) is 0 Å². The van der Waals surface area contributed by atoms with E-state index in [9.17, 15) is 18.8 Å². The summed E-state index contributed by atoms with van der Waals surface area (Å²) >= 11 is 0. The highest BCUT2D eigenvalue weighted by Gasteiger charge is 2.20. The third-order valence-electron chi connectivity index (χ3n) is 4.79. The summed E-state index contributed by atoms with van der Waals surface area (Å²) in [6.07, 6.45) is 0.558. The highest BCUT2D eigenvalue weighted by Crippen LogP contribution is 2.11. The molecule has 0 bridgehead atoms. The number of nitrogens with one attached hydrogen (secondary N) is 1. The summed E-state index contributed by atoms with van der Waals surface area (Å²) in [6.45, 7) is 4.35. The van der Waals surface area contributed by atoms with Crippen LogP contribution >= 0.6 is 0 Å². The molecule has 1 N–H and O–H groups in total. The predicted octanol–water partition coefficient (Wildman–Crippen LogP) is 1.96. The Bertz CT molecular complexity index is 1210. The maximum absolute atomic E-state index is 13.3. The van der Waals surface area contributed by atoms with E-state index in [4.69, 9.17) is 4.74 Å². The lowest BCUT2D eigenvalue weighted by Gasteiger charge is -2.13. The van der Waals surface area contributed by atoms with E-state index in [1.165, 1.54) is 24.3 Å². The number of nitrogens with zero attached hydrogens (tertiary/aromatic N) is 3. The van der Waals surface area contributed by atoms with Crippen molar-refractivity contribution in [3.05, 3.63) is 91.5 Å². The highest BCUT2D eigenvalue weighted by atomic mass is 19.1. The smallest absolute Gasteiger partial charge is 0.352 e. The maximum atomic E-state index is 13.3. The molecular formula is C23H25FN4O4. The molecule has 3 rings (SSSR count). The first kappa shape index (κ1) is 23.1. The van der Waals surface area contributed by atoms with Gasteiger partial charge in [-0.15, -0.1) is 0 Å². The predicted molar refractivity (Wildman–Crippen MR) is 118 cm³/mol. The topological polar surface area (TPSA) is 95.2 Å². The van der Waals surface area contributed by atoms with E-state index >= 15 is 0 Å². The lowest BCUT2D eigenvalue weighted by molar-refractivity contribution is 0.0938. The lowest BCUT2D eigenvalue weighted by atomic mass is 10.1. The number of methoxy groups -OCH3 is 1. The molecule has 1 aromatic heterocycles. The van der Waals surface area contributed by atoms with E-state index in [1.807, 2.05) is 19.9 Å². The molecular weight excluding hydrogens is 415 g/mol. The van der Waals surface area contributed by atoms with Gasteiger partial charge in [0.15, 0.2) is 0 Å². The van der Waals surface area contributed by atoms with E-state index in [2.05, 4.69) is 10.4 Å². The van der Waals surface area contributed by atoms with Crippen molar-refractivity contribution in [1.29, 1.82) is 0 Å². The van der Waals surface area contributed by atoms with Gasteiger partial charge in [0, 0.05) is 20.3 Å². The summed E-state index contributed by atoms with van der Waals surface area (Å²) in [5.74, 6) is -1.11. The van der Waals surface area contributed by atoms with E-state index in [1.54, 1.807) is 19.2 Å². The molecule has 0 saturated carbocycles. The average molecular weight is 440 g/mol. The first-order valence-electron chi connectivity index (χ1n) is 10.1. The van der Waals surface area contributed by atoms with Gasteiger partial charge in [0.2, 0.25) is 5.69 Å². The quantitative estimate of drug-likeness (QED) is 0.541. The largest absolute Gasteiger partial charge is 0.385 e. The van der Waals surface area contributed by atoms with Crippen LogP contribution in [0.1, 0.15) is 33.6 Å². The summed E-state index contributed by atoms with van der Waals surface area (Å²) in [7, 11) is 1.55. The first-order chi connectivity index (χ1) is 15.3. The van der Waals surface area contributed by atoms with Crippen molar-refractivity contribution in [2.45, 2.75) is 26.8 Å². The molecule has 9 heteroatoms. The van der Waals surface area contributed by atoms with Crippen LogP contribution in [0, 0.1) is 19.7 Å². The Labute approximate surface area is 184 Å². The molecule has 32 heavy (non-hydrogen) atoms. The average Bonchev–Trinajstić information content (AvgIpc) is 2.75. The van der Waals surface area contributed by atoms with Crippen LogP contribution in [0.4, 0.5) is 4.39 Å². The molecule has 0 spiro atoms. The zero-order valence-corrected chi connectivity index (χ0v) is 18.2. The Morgan fingerprint density at radius 2 is 1.75 bits per heavy atom. The van der Waals surface area contributed by atoms with Gasteiger partial charge in [-0.3, -0.25) is 14.2 Å². The summed E-state index contributed by atoms with van der Waals surface area (Å²) in [5, 5.41) is 6.74. The van der Waals surface area contributed by atoms with Gasteiger partial charge in [0.1, 0.15) is 5.82 Å². The minimum absolute atomic E-state index is 0.130. The van der Waals surface area contributed by atoms with Crippen LogP contribution in [0.2, 0.25) is 0 Å².